The standard InChI is InChI=1S/C24H31FN4O6S.C15H22ClN3O4.C10H19NO3.C9H10FNO2S.C5H4Cl2N2O.C2H6/c1-24(2,3)35-23(30)29-11-9-15(10-12-29)34-22-20(33-4)21(26-14-27-22)28-19-8-7-17(13-18(19)25)36(31,32)16-5-6-16;1-15(2,3)23-14(20)19-7-5-10(6-8-19)22-13-11(21-4)12(16)17-9-18-13;1-10(2,3)14-9(13)11-6-4-8(12)5-7-11;10-8-5-7(3-4-9(8)11)14(12,13)6-1-2-6;1-10-3-4(6)8-2-9-5(3)7;1-2/h7-8,13-16H,5-6,9-12H2,1-4H3,(H,26,27,28);9-10H,5-8H2,1-4H3;8,12H,4-7H2,1-3H3;3-6H,1-2,11H2;2H,1H3;1-2H3. The van der Waals surface area contributed by atoms with Crippen LogP contribution in [0.4, 0.5) is 40.4 Å². The van der Waals surface area contributed by atoms with E-state index in [2.05, 4.69) is 35.2 Å². The maximum absolute atomic E-state index is 14.8. The van der Waals surface area contributed by atoms with E-state index in [4.69, 9.17) is 78.4 Å². The number of aromatic nitrogens is 6. The van der Waals surface area contributed by atoms with Crippen LogP contribution in [0.2, 0.25) is 15.5 Å². The first-order chi connectivity index (χ1) is 46.4. The number of methoxy groups -OCH3 is 3. The number of rotatable bonds is 13. The van der Waals surface area contributed by atoms with E-state index >= 15 is 0 Å². The number of ether oxygens (including phenoxy) is 8. The van der Waals surface area contributed by atoms with Crippen LogP contribution in [0.5, 0.6) is 29.0 Å². The minimum atomic E-state index is -3.50. The predicted octanol–water partition coefficient (Wildman–Crippen LogP) is 12.5. The van der Waals surface area contributed by atoms with E-state index < -0.39 is 53.4 Å². The van der Waals surface area contributed by atoms with Gasteiger partial charge in [0.15, 0.2) is 46.7 Å². The molecule has 3 aliphatic heterocycles. The number of carbonyl (C=O) groups is 3. The predicted molar refractivity (Wildman–Crippen MR) is 369 cm³/mol. The van der Waals surface area contributed by atoms with Crippen molar-refractivity contribution in [3.63, 3.8) is 0 Å². The van der Waals surface area contributed by atoms with Gasteiger partial charge in [0.2, 0.25) is 11.5 Å². The summed E-state index contributed by atoms with van der Waals surface area (Å²) in [5, 5.41) is 12.0. The van der Waals surface area contributed by atoms with Crippen molar-refractivity contribution in [3.8, 4) is 29.0 Å². The number of hydrogen-bond donors (Lipinski definition) is 3. The molecule has 0 atom stereocenters. The smallest absolute Gasteiger partial charge is 0.410 e. The number of carbonyl (C=O) groups excluding carboxylic acids is 3. The minimum absolute atomic E-state index is 0.0280. The van der Waals surface area contributed by atoms with Gasteiger partial charge in [0.1, 0.15) is 59.6 Å². The highest BCUT2D eigenvalue weighted by Crippen LogP contribution is 2.39. The van der Waals surface area contributed by atoms with E-state index in [0.29, 0.717) is 121 Å². The Morgan fingerprint density at radius 3 is 1.21 bits per heavy atom. The molecule has 0 bridgehead atoms. The summed E-state index contributed by atoms with van der Waals surface area (Å²) in [6, 6.07) is 7.38. The van der Waals surface area contributed by atoms with Gasteiger partial charge < -0.3 is 68.8 Å². The number of halogens is 5. The fourth-order valence-corrected chi connectivity index (χ4v) is 13.2. The number of aliphatic hydroxyl groups excluding tert-OH is 1. The molecule has 99 heavy (non-hydrogen) atoms. The Labute approximate surface area is 593 Å². The average molecular weight is 1490 g/mol. The molecule has 2 aliphatic carbocycles. The maximum Gasteiger partial charge on any atom is 0.410 e. The largest absolute Gasteiger partial charge is 0.491 e. The number of amides is 3. The Morgan fingerprint density at radius 2 is 0.859 bits per heavy atom. The molecule has 5 fully saturated rings. The number of hydrogen-bond acceptors (Lipinski definition) is 24. The molecule has 6 heterocycles. The van der Waals surface area contributed by atoms with Crippen molar-refractivity contribution in [2.45, 2.75) is 196 Å². The van der Waals surface area contributed by atoms with Crippen LogP contribution in [-0.4, -0.2) is 191 Å². The van der Waals surface area contributed by atoms with Crippen LogP contribution in [0, 0.1) is 11.6 Å². The molecule has 3 saturated heterocycles. The van der Waals surface area contributed by atoms with E-state index in [9.17, 15) is 45.1 Å². The molecule has 5 aliphatic rings. The van der Waals surface area contributed by atoms with Gasteiger partial charge in [-0.1, -0.05) is 48.7 Å². The number of benzene rings is 2. The van der Waals surface area contributed by atoms with Crippen molar-refractivity contribution in [1.29, 1.82) is 0 Å². The van der Waals surface area contributed by atoms with Crippen molar-refractivity contribution in [2.24, 2.45) is 0 Å². The highest BCUT2D eigenvalue weighted by molar-refractivity contribution is 7.92. The van der Waals surface area contributed by atoms with E-state index in [1.54, 1.807) is 14.7 Å². The van der Waals surface area contributed by atoms with Gasteiger partial charge in [0.05, 0.1) is 59.1 Å². The van der Waals surface area contributed by atoms with Crippen LogP contribution in [0.25, 0.3) is 0 Å². The lowest BCUT2D eigenvalue weighted by molar-refractivity contribution is 0.00932. The highest BCUT2D eigenvalue weighted by atomic mass is 35.5. The highest BCUT2D eigenvalue weighted by Gasteiger charge is 2.39. The Bertz CT molecular complexity index is 3690. The second-order valence-corrected chi connectivity index (χ2v) is 31.3. The molecule has 2 aromatic carbocycles. The zero-order valence-electron chi connectivity index (χ0n) is 58.3. The lowest BCUT2D eigenvalue weighted by atomic mass is 10.1. The summed E-state index contributed by atoms with van der Waals surface area (Å²) in [4.78, 5) is 64.4. The molecule has 34 heteroatoms. The van der Waals surface area contributed by atoms with Gasteiger partial charge in [-0.15, -0.1) is 0 Å². The van der Waals surface area contributed by atoms with E-state index in [1.165, 1.54) is 64.6 Å². The van der Waals surface area contributed by atoms with Crippen molar-refractivity contribution in [1.82, 2.24) is 44.6 Å². The van der Waals surface area contributed by atoms with Gasteiger partial charge in [0, 0.05) is 65.0 Å². The molecule has 2 saturated carbocycles. The lowest BCUT2D eigenvalue weighted by Crippen LogP contribution is -2.44. The number of nitrogens with two attached hydrogens (primary N) is 1. The number of nitrogens with zero attached hydrogens (tertiary/aromatic N) is 9. The molecule has 550 valence electrons. The Hall–Kier alpha value is -7.32. The Balaban J connectivity index is 0.000000240. The topological polar surface area (TPSA) is 339 Å². The molecule has 3 aromatic heterocycles. The van der Waals surface area contributed by atoms with Crippen LogP contribution in [0.1, 0.15) is 140 Å². The van der Waals surface area contributed by atoms with Crippen LogP contribution in [-0.2, 0) is 33.9 Å². The van der Waals surface area contributed by atoms with Crippen molar-refractivity contribution in [3.05, 3.63) is 82.5 Å². The van der Waals surface area contributed by atoms with E-state index in [0.717, 1.165) is 12.1 Å². The average Bonchev–Trinajstić information content (AvgIpc) is 1.49. The summed E-state index contributed by atoms with van der Waals surface area (Å²) in [5.41, 5.74) is 3.78. The monoisotopic (exact) mass is 1490 g/mol. The molecule has 3 amide bonds. The van der Waals surface area contributed by atoms with E-state index in [-0.39, 0.29) is 95.9 Å². The number of likely N-dealkylation sites (tertiary alicyclic amines) is 3. The molecular weight excluding hydrogens is 1400 g/mol. The number of nitrogen functional groups attached to an aromatic ring is 1. The molecule has 10 rings (SSSR count). The van der Waals surface area contributed by atoms with Gasteiger partial charge in [-0.3, -0.25) is 0 Å². The quantitative estimate of drug-likeness (QED) is 0.0560. The Kier molecular flexibility index (Phi) is 30.7. The normalized spacial score (nSPS) is 16.1. The molecular formula is C65H92Cl3F2N11O16S2. The van der Waals surface area contributed by atoms with Crippen LogP contribution in [0.15, 0.2) is 65.2 Å². The molecule has 5 aromatic rings. The van der Waals surface area contributed by atoms with Gasteiger partial charge in [-0.25, -0.2) is 59.9 Å². The molecule has 0 spiro atoms. The summed E-state index contributed by atoms with van der Waals surface area (Å²) in [6.45, 7) is 23.9. The summed E-state index contributed by atoms with van der Waals surface area (Å²) >= 11 is 17.1. The van der Waals surface area contributed by atoms with Crippen LogP contribution in [0.3, 0.4) is 0 Å². The third kappa shape index (κ3) is 26.0. The summed E-state index contributed by atoms with van der Waals surface area (Å²) in [6.07, 6.45) is 8.77. The molecule has 0 unspecified atom stereocenters. The van der Waals surface area contributed by atoms with Crippen LogP contribution < -0.4 is 34.7 Å². The van der Waals surface area contributed by atoms with Gasteiger partial charge >= 0.3 is 18.3 Å². The number of piperidine rings is 3. The van der Waals surface area contributed by atoms with Gasteiger partial charge in [-0.05, 0) is 137 Å². The SMILES string of the molecule is CC.CC(C)(C)OC(=O)N1CCC(O)CC1.COc1c(Cl)ncnc1Cl.COc1c(Cl)ncnc1OC1CCN(C(=O)OC(C)(C)C)CC1.COc1c(Nc2ccc(S(=O)(=O)C3CC3)cc2F)ncnc1OC1CCN(C(=O)OC(C)(C)C)CC1.Nc1ccc(S(=O)(=O)C2CC2)cc1F. The summed E-state index contributed by atoms with van der Waals surface area (Å²) < 4.78 is 119. The summed E-state index contributed by atoms with van der Waals surface area (Å²) in [7, 11) is -2.44. The fourth-order valence-electron chi connectivity index (χ4n) is 9.19. The fraction of sp³-hybridized carbons (Fsp3) is 0.585. The van der Waals surface area contributed by atoms with Crippen LogP contribution >= 0.6 is 34.8 Å². The summed E-state index contributed by atoms with van der Waals surface area (Å²) in [5.74, 6) is 0.0875. The number of nitrogens with one attached hydrogen (secondary N) is 1. The first-order valence-corrected chi connectivity index (χ1v) is 36.3. The van der Waals surface area contributed by atoms with Crippen molar-refractivity contribution in [2.75, 3.05) is 71.6 Å². The number of aliphatic hydroxyl groups is 1. The zero-order chi connectivity index (χ0) is 73.8. The molecule has 0 radical (unpaired) electrons. The maximum atomic E-state index is 14.8. The third-order valence-electron chi connectivity index (χ3n) is 14.4. The van der Waals surface area contributed by atoms with Gasteiger partial charge in [-0.2, -0.15) is 9.97 Å². The van der Waals surface area contributed by atoms with Gasteiger partial charge in [0.25, 0.3) is 11.8 Å². The minimum Gasteiger partial charge on any atom is -0.491 e. The first-order valence-electron chi connectivity index (χ1n) is 32.1. The zero-order valence-corrected chi connectivity index (χ0v) is 62.2. The Morgan fingerprint density at radius 1 is 0.515 bits per heavy atom. The van der Waals surface area contributed by atoms with Crippen molar-refractivity contribution >= 4 is 89.9 Å². The lowest BCUT2D eigenvalue weighted by Gasteiger charge is -2.33. The number of anilines is 3. The second kappa shape index (κ2) is 36.9. The third-order valence-corrected chi connectivity index (χ3v) is 19.8. The number of sulfone groups is 2. The first kappa shape index (κ1) is 82.3. The second-order valence-electron chi connectivity index (χ2n) is 25.8. The molecule has 27 nitrogen and oxygen atoms in total. The van der Waals surface area contributed by atoms with Crippen molar-refractivity contribution < 1.29 is 83.0 Å². The van der Waals surface area contributed by atoms with E-state index in [1.807, 2.05) is 76.2 Å². The molecule has 4 N–H and O–H groups in total.